The lowest BCUT2D eigenvalue weighted by Gasteiger charge is -2.30. The number of benzene rings is 3. The third-order valence-corrected chi connectivity index (χ3v) is 4.66. The van der Waals surface area contributed by atoms with Crippen LogP contribution >= 0.6 is 0 Å². The highest BCUT2D eigenvalue weighted by molar-refractivity contribution is 6.04. The largest absolute Gasteiger partial charge is 0.446 e. The Morgan fingerprint density at radius 1 is 0.931 bits per heavy atom. The summed E-state index contributed by atoms with van der Waals surface area (Å²) >= 11 is 0. The van der Waals surface area contributed by atoms with Gasteiger partial charge in [-0.3, -0.25) is 0 Å². The number of nitrogens with zero attached hydrogens (tertiary/aromatic N) is 4. The maximum absolute atomic E-state index is 11.1. The van der Waals surface area contributed by atoms with E-state index >= 15 is 0 Å². The standard InChI is InChI=1S/C21H12N6O2/c22-10-21(11-23,12-24)29-18-9-14(7-8-15(18)27-28)20-25-16-5-1-3-13-4-2-6-17(26-20)19(13)16/h1-9,20,25-26H. The van der Waals surface area contributed by atoms with Crippen LogP contribution in [0.25, 0.3) is 10.8 Å². The molecular weight excluding hydrogens is 368 g/mol. The first-order chi connectivity index (χ1) is 14.1. The van der Waals surface area contributed by atoms with Crippen molar-refractivity contribution in [2.45, 2.75) is 11.8 Å². The summed E-state index contributed by atoms with van der Waals surface area (Å²) in [4.78, 5) is 11.1. The zero-order valence-corrected chi connectivity index (χ0v) is 14.9. The Morgan fingerprint density at radius 3 is 2.10 bits per heavy atom. The molecular formula is C21H12N6O2. The third-order valence-electron chi connectivity index (χ3n) is 4.66. The summed E-state index contributed by atoms with van der Waals surface area (Å²) in [7, 11) is 0. The van der Waals surface area contributed by atoms with E-state index in [4.69, 9.17) is 20.5 Å². The van der Waals surface area contributed by atoms with Gasteiger partial charge in [-0.1, -0.05) is 30.3 Å². The minimum absolute atomic E-state index is 0.114. The van der Waals surface area contributed by atoms with Crippen LogP contribution in [0.1, 0.15) is 11.7 Å². The van der Waals surface area contributed by atoms with E-state index in [-0.39, 0.29) is 17.6 Å². The van der Waals surface area contributed by atoms with E-state index in [1.807, 2.05) is 36.4 Å². The van der Waals surface area contributed by atoms with Crippen molar-refractivity contribution in [1.82, 2.24) is 0 Å². The molecule has 0 amide bonds. The Kier molecular flexibility index (Phi) is 4.20. The Labute approximate surface area is 165 Å². The lowest BCUT2D eigenvalue weighted by atomic mass is 10.0. The van der Waals surface area contributed by atoms with Gasteiger partial charge in [0.1, 0.15) is 30.1 Å². The molecule has 0 spiro atoms. The molecule has 0 fully saturated rings. The summed E-state index contributed by atoms with van der Waals surface area (Å²) in [5.74, 6) is -0.122. The number of nitriles is 3. The van der Waals surface area contributed by atoms with Gasteiger partial charge < -0.3 is 15.4 Å². The molecule has 0 unspecified atom stereocenters. The van der Waals surface area contributed by atoms with Crippen LogP contribution in [-0.4, -0.2) is 5.60 Å². The van der Waals surface area contributed by atoms with Gasteiger partial charge in [0.05, 0.1) is 0 Å². The van der Waals surface area contributed by atoms with E-state index in [1.54, 1.807) is 6.07 Å². The number of hydrogen-bond donors (Lipinski definition) is 2. The number of rotatable bonds is 4. The van der Waals surface area contributed by atoms with Crippen molar-refractivity contribution in [3.05, 3.63) is 65.1 Å². The molecule has 138 valence electrons. The topological polar surface area (TPSA) is 134 Å². The predicted molar refractivity (Wildman–Crippen MR) is 106 cm³/mol. The summed E-state index contributed by atoms with van der Waals surface area (Å²) in [6.45, 7) is 0. The van der Waals surface area contributed by atoms with Crippen molar-refractivity contribution in [3.8, 4) is 24.0 Å². The molecule has 2 N–H and O–H groups in total. The Hall–Kier alpha value is -4.61. The smallest absolute Gasteiger partial charge is 0.367 e. The summed E-state index contributed by atoms with van der Waals surface area (Å²) in [5, 5.41) is 39.3. The van der Waals surface area contributed by atoms with Crippen LogP contribution in [0, 0.1) is 38.9 Å². The molecule has 3 aromatic rings. The number of ether oxygens (including phenoxy) is 1. The van der Waals surface area contributed by atoms with Crippen molar-refractivity contribution < 1.29 is 4.74 Å². The Morgan fingerprint density at radius 2 is 1.55 bits per heavy atom. The molecule has 1 aliphatic heterocycles. The van der Waals surface area contributed by atoms with Crippen molar-refractivity contribution in [2.24, 2.45) is 5.18 Å². The van der Waals surface area contributed by atoms with Gasteiger partial charge in [0.15, 0.2) is 5.75 Å². The molecule has 0 saturated carbocycles. The van der Waals surface area contributed by atoms with E-state index in [9.17, 15) is 4.91 Å². The fourth-order valence-corrected chi connectivity index (χ4v) is 3.27. The van der Waals surface area contributed by atoms with Gasteiger partial charge >= 0.3 is 5.60 Å². The second-order valence-corrected chi connectivity index (χ2v) is 6.37. The molecule has 0 saturated heterocycles. The van der Waals surface area contributed by atoms with E-state index in [2.05, 4.69) is 15.8 Å². The monoisotopic (exact) mass is 380 g/mol. The highest BCUT2D eigenvalue weighted by atomic mass is 16.5. The predicted octanol–water partition coefficient (Wildman–Crippen LogP) is 4.46. The fraction of sp³-hybridized carbons (Fsp3) is 0.0952. The van der Waals surface area contributed by atoms with Gasteiger partial charge in [0.2, 0.25) is 0 Å². The molecule has 0 radical (unpaired) electrons. The van der Waals surface area contributed by atoms with Crippen LogP contribution in [0.15, 0.2) is 59.8 Å². The van der Waals surface area contributed by atoms with Crippen LogP contribution in [0.5, 0.6) is 5.75 Å². The average Bonchev–Trinajstić information content (AvgIpc) is 2.78. The van der Waals surface area contributed by atoms with E-state index in [1.165, 1.54) is 30.3 Å². The van der Waals surface area contributed by atoms with Gasteiger partial charge in [-0.05, 0) is 40.4 Å². The summed E-state index contributed by atoms with van der Waals surface area (Å²) in [6.07, 6.45) is -0.376. The van der Waals surface area contributed by atoms with Crippen molar-refractivity contribution in [2.75, 3.05) is 10.6 Å². The van der Waals surface area contributed by atoms with E-state index in [0.717, 1.165) is 22.1 Å². The molecule has 1 aliphatic rings. The molecule has 8 nitrogen and oxygen atoms in total. The van der Waals surface area contributed by atoms with Crippen LogP contribution in [0.3, 0.4) is 0 Å². The average molecular weight is 380 g/mol. The van der Waals surface area contributed by atoms with Crippen LogP contribution in [0.4, 0.5) is 17.1 Å². The first-order valence-corrected chi connectivity index (χ1v) is 8.58. The SMILES string of the molecule is N#CC(C#N)(C#N)Oc1cc(C2Nc3cccc4cccc(c34)N2)ccc1N=O. The molecule has 0 atom stereocenters. The Balaban J connectivity index is 1.74. The molecule has 4 rings (SSSR count). The molecule has 29 heavy (non-hydrogen) atoms. The highest BCUT2D eigenvalue weighted by Gasteiger charge is 2.34. The van der Waals surface area contributed by atoms with Crippen molar-refractivity contribution in [1.29, 1.82) is 15.8 Å². The third kappa shape index (κ3) is 2.93. The quantitative estimate of drug-likeness (QED) is 0.638. The minimum Gasteiger partial charge on any atom is -0.446 e. The van der Waals surface area contributed by atoms with Crippen molar-refractivity contribution in [3.63, 3.8) is 0 Å². The van der Waals surface area contributed by atoms with Crippen LogP contribution < -0.4 is 15.4 Å². The van der Waals surface area contributed by atoms with Gasteiger partial charge in [-0.2, -0.15) is 15.8 Å². The number of hydrogen-bond acceptors (Lipinski definition) is 8. The summed E-state index contributed by atoms with van der Waals surface area (Å²) < 4.78 is 5.30. The number of anilines is 2. The van der Waals surface area contributed by atoms with Gasteiger partial charge in [-0.15, -0.1) is 4.91 Å². The second-order valence-electron chi connectivity index (χ2n) is 6.37. The molecule has 0 aliphatic carbocycles. The lowest BCUT2D eigenvalue weighted by Crippen LogP contribution is -2.30. The van der Waals surface area contributed by atoms with E-state index < -0.39 is 5.60 Å². The van der Waals surface area contributed by atoms with Gasteiger partial charge in [0.25, 0.3) is 0 Å². The van der Waals surface area contributed by atoms with Crippen LogP contribution in [-0.2, 0) is 0 Å². The fourth-order valence-electron chi connectivity index (χ4n) is 3.27. The molecule has 0 bridgehead atoms. The lowest BCUT2D eigenvalue weighted by molar-refractivity contribution is 0.245. The zero-order chi connectivity index (χ0) is 20.4. The second kappa shape index (κ2) is 6.84. The zero-order valence-electron chi connectivity index (χ0n) is 14.9. The highest BCUT2D eigenvalue weighted by Crippen LogP contribution is 2.40. The molecule has 3 aromatic carbocycles. The molecule has 0 aromatic heterocycles. The Bertz CT molecular complexity index is 1190. The first-order valence-electron chi connectivity index (χ1n) is 8.58. The maximum atomic E-state index is 11.1. The van der Waals surface area contributed by atoms with Gasteiger partial charge in [0, 0.05) is 16.8 Å². The number of nitrogens with one attached hydrogen (secondary N) is 2. The first kappa shape index (κ1) is 17.8. The number of nitroso groups, excluding NO2 is 1. The van der Waals surface area contributed by atoms with Gasteiger partial charge in [-0.25, -0.2) is 0 Å². The minimum atomic E-state index is -2.37. The molecule has 8 heteroatoms. The summed E-state index contributed by atoms with van der Waals surface area (Å²) in [5.41, 5.74) is 0.0485. The van der Waals surface area contributed by atoms with E-state index in [0.29, 0.717) is 5.56 Å². The van der Waals surface area contributed by atoms with Crippen molar-refractivity contribution >= 4 is 27.8 Å². The molecule has 1 heterocycles. The summed E-state index contributed by atoms with van der Waals surface area (Å²) in [6, 6.07) is 21.0. The van der Waals surface area contributed by atoms with Crippen LogP contribution in [0.2, 0.25) is 0 Å². The normalized spacial score (nSPS) is 12.6. The maximum Gasteiger partial charge on any atom is 0.367 e.